The van der Waals surface area contributed by atoms with E-state index >= 15 is 0 Å². The maximum Gasteiger partial charge on any atom is 0.257 e. The normalized spacial score (nSPS) is 14.9. The van der Waals surface area contributed by atoms with Gasteiger partial charge in [0.25, 0.3) is 5.91 Å². The van der Waals surface area contributed by atoms with E-state index in [0.717, 1.165) is 59.2 Å². The highest BCUT2D eigenvalue weighted by Crippen LogP contribution is 2.30. The molecule has 0 bridgehead atoms. The Labute approximate surface area is 156 Å². The second kappa shape index (κ2) is 6.23. The van der Waals surface area contributed by atoms with Crippen molar-refractivity contribution in [2.24, 2.45) is 0 Å². The molecular formula is C21H21N5O. The Morgan fingerprint density at radius 1 is 1.15 bits per heavy atom. The highest BCUT2D eigenvalue weighted by atomic mass is 16.2. The van der Waals surface area contributed by atoms with E-state index in [0.29, 0.717) is 5.56 Å². The number of amides is 1. The minimum Gasteiger partial charge on any atom is -0.346 e. The third-order valence-electron chi connectivity index (χ3n) is 5.37. The van der Waals surface area contributed by atoms with Gasteiger partial charge in [-0.3, -0.25) is 4.79 Å². The standard InChI is InChI=1S/C21H21N5O/c1-14-9-16-17(12-23-20(16)22-11-14)15-5-8-26-19(10-15)18(13-24-26)21(27)25-6-3-2-4-7-25/h5,8-13H,2-4,6-7H2,1H3,(H,22,23). The summed E-state index contributed by atoms with van der Waals surface area (Å²) in [4.78, 5) is 22.6. The van der Waals surface area contributed by atoms with E-state index in [2.05, 4.69) is 27.2 Å². The lowest BCUT2D eigenvalue weighted by Gasteiger charge is -2.26. The second-order valence-corrected chi connectivity index (χ2v) is 7.27. The van der Waals surface area contributed by atoms with E-state index in [1.165, 1.54) is 6.42 Å². The number of nitrogens with one attached hydrogen (secondary N) is 1. The number of fused-ring (bicyclic) bond motifs is 2. The van der Waals surface area contributed by atoms with Crippen molar-refractivity contribution in [3.63, 3.8) is 0 Å². The molecule has 136 valence electrons. The average Bonchev–Trinajstić information content (AvgIpc) is 3.31. The van der Waals surface area contributed by atoms with Crippen molar-refractivity contribution in [1.29, 1.82) is 0 Å². The van der Waals surface area contributed by atoms with Gasteiger partial charge < -0.3 is 9.88 Å². The summed E-state index contributed by atoms with van der Waals surface area (Å²) >= 11 is 0. The maximum absolute atomic E-state index is 13.0. The lowest BCUT2D eigenvalue weighted by atomic mass is 10.0. The summed E-state index contributed by atoms with van der Waals surface area (Å²) in [6, 6.07) is 6.21. The van der Waals surface area contributed by atoms with Gasteiger partial charge in [-0.2, -0.15) is 5.10 Å². The largest absolute Gasteiger partial charge is 0.346 e. The van der Waals surface area contributed by atoms with E-state index in [4.69, 9.17) is 0 Å². The van der Waals surface area contributed by atoms with Crippen molar-refractivity contribution in [2.75, 3.05) is 13.1 Å². The molecule has 0 aromatic carbocycles. The Bertz CT molecular complexity index is 1150. The zero-order valence-electron chi connectivity index (χ0n) is 15.3. The molecule has 0 spiro atoms. The molecule has 1 fully saturated rings. The van der Waals surface area contributed by atoms with Crippen LogP contribution in [0.5, 0.6) is 0 Å². The van der Waals surface area contributed by atoms with Gasteiger partial charge in [-0.05, 0) is 55.5 Å². The SMILES string of the molecule is Cc1cnc2[nH]cc(-c3ccn4ncc(C(=O)N5CCCCC5)c4c3)c2c1. The highest BCUT2D eigenvalue weighted by molar-refractivity contribution is 6.02. The van der Waals surface area contributed by atoms with Gasteiger partial charge in [0, 0.05) is 42.6 Å². The first-order chi connectivity index (χ1) is 13.2. The van der Waals surface area contributed by atoms with Crippen LogP contribution in [0.4, 0.5) is 0 Å². The molecule has 0 unspecified atom stereocenters. The molecule has 1 amide bonds. The first kappa shape index (κ1) is 16.1. The van der Waals surface area contributed by atoms with Gasteiger partial charge in [-0.15, -0.1) is 0 Å². The summed E-state index contributed by atoms with van der Waals surface area (Å²) in [6.45, 7) is 3.71. The molecule has 0 aliphatic carbocycles. The molecule has 1 N–H and O–H groups in total. The number of likely N-dealkylation sites (tertiary alicyclic amines) is 1. The number of aromatic amines is 1. The predicted molar refractivity (Wildman–Crippen MR) is 105 cm³/mol. The van der Waals surface area contributed by atoms with E-state index in [9.17, 15) is 4.79 Å². The van der Waals surface area contributed by atoms with Crippen LogP contribution in [0.3, 0.4) is 0 Å². The van der Waals surface area contributed by atoms with Crippen molar-refractivity contribution in [3.8, 4) is 11.1 Å². The van der Waals surface area contributed by atoms with Crippen molar-refractivity contribution in [2.45, 2.75) is 26.2 Å². The lowest BCUT2D eigenvalue weighted by Crippen LogP contribution is -2.35. The summed E-state index contributed by atoms with van der Waals surface area (Å²) < 4.78 is 1.78. The number of carbonyl (C=O) groups excluding carboxylic acids is 1. The topological polar surface area (TPSA) is 66.3 Å². The first-order valence-corrected chi connectivity index (χ1v) is 9.41. The smallest absolute Gasteiger partial charge is 0.257 e. The molecule has 1 saturated heterocycles. The molecule has 5 heterocycles. The molecule has 27 heavy (non-hydrogen) atoms. The first-order valence-electron chi connectivity index (χ1n) is 9.41. The summed E-state index contributed by atoms with van der Waals surface area (Å²) in [5.41, 5.74) is 5.64. The molecule has 1 aliphatic heterocycles. The van der Waals surface area contributed by atoms with Crippen LogP contribution >= 0.6 is 0 Å². The van der Waals surface area contributed by atoms with Gasteiger partial charge in [-0.25, -0.2) is 9.50 Å². The van der Waals surface area contributed by atoms with Crippen LogP contribution < -0.4 is 0 Å². The van der Waals surface area contributed by atoms with Crippen molar-refractivity contribution in [1.82, 2.24) is 24.5 Å². The number of hydrogen-bond donors (Lipinski definition) is 1. The molecule has 4 aromatic rings. The van der Waals surface area contributed by atoms with Crippen LogP contribution in [0.25, 0.3) is 27.7 Å². The Morgan fingerprint density at radius 2 is 2.00 bits per heavy atom. The third-order valence-corrected chi connectivity index (χ3v) is 5.37. The number of nitrogens with zero attached hydrogens (tertiary/aromatic N) is 4. The summed E-state index contributed by atoms with van der Waals surface area (Å²) in [7, 11) is 0. The number of carbonyl (C=O) groups is 1. The lowest BCUT2D eigenvalue weighted by molar-refractivity contribution is 0.0726. The second-order valence-electron chi connectivity index (χ2n) is 7.27. The van der Waals surface area contributed by atoms with E-state index in [1.807, 2.05) is 36.5 Å². The maximum atomic E-state index is 13.0. The molecule has 0 radical (unpaired) electrons. The Balaban J connectivity index is 1.60. The number of piperidine rings is 1. The van der Waals surface area contributed by atoms with Crippen LogP contribution in [-0.2, 0) is 0 Å². The summed E-state index contributed by atoms with van der Waals surface area (Å²) in [5.74, 6) is 0.0817. The highest BCUT2D eigenvalue weighted by Gasteiger charge is 2.22. The zero-order valence-corrected chi connectivity index (χ0v) is 15.3. The van der Waals surface area contributed by atoms with Gasteiger partial charge >= 0.3 is 0 Å². The van der Waals surface area contributed by atoms with Crippen molar-refractivity contribution >= 4 is 22.5 Å². The minimum absolute atomic E-state index is 0.0817. The van der Waals surface area contributed by atoms with E-state index < -0.39 is 0 Å². The van der Waals surface area contributed by atoms with E-state index in [-0.39, 0.29) is 5.91 Å². The average molecular weight is 359 g/mol. The molecule has 6 heteroatoms. The Morgan fingerprint density at radius 3 is 2.85 bits per heavy atom. The molecule has 5 rings (SSSR count). The molecule has 4 aromatic heterocycles. The van der Waals surface area contributed by atoms with Crippen LogP contribution in [0.2, 0.25) is 0 Å². The number of hydrogen-bond acceptors (Lipinski definition) is 3. The third kappa shape index (κ3) is 2.68. The molecule has 1 aliphatic rings. The van der Waals surface area contributed by atoms with Gasteiger partial charge in [0.2, 0.25) is 0 Å². The van der Waals surface area contributed by atoms with Crippen LogP contribution in [0.15, 0.2) is 43.0 Å². The quantitative estimate of drug-likeness (QED) is 0.592. The number of pyridine rings is 2. The fourth-order valence-corrected chi connectivity index (χ4v) is 3.93. The van der Waals surface area contributed by atoms with Crippen LogP contribution in [-0.4, -0.2) is 43.5 Å². The minimum atomic E-state index is 0.0817. The van der Waals surface area contributed by atoms with Gasteiger partial charge in [0.1, 0.15) is 5.65 Å². The van der Waals surface area contributed by atoms with Crippen molar-refractivity contribution in [3.05, 3.63) is 54.1 Å². The van der Waals surface area contributed by atoms with Gasteiger partial charge in [0.05, 0.1) is 17.3 Å². The van der Waals surface area contributed by atoms with Crippen LogP contribution in [0.1, 0.15) is 35.2 Å². The van der Waals surface area contributed by atoms with Crippen molar-refractivity contribution < 1.29 is 4.79 Å². The molecule has 0 atom stereocenters. The van der Waals surface area contributed by atoms with E-state index in [1.54, 1.807) is 10.7 Å². The van der Waals surface area contributed by atoms with Gasteiger partial charge in [0.15, 0.2) is 0 Å². The number of aryl methyl sites for hydroxylation is 1. The summed E-state index contributed by atoms with van der Waals surface area (Å²) in [6.07, 6.45) is 10.8. The fraction of sp³-hybridized carbons (Fsp3) is 0.286. The van der Waals surface area contributed by atoms with Crippen LogP contribution in [0, 0.1) is 6.92 Å². The Kier molecular flexibility index (Phi) is 3.70. The monoisotopic (exact) mass is 359 g/mol. The number of aromatic nitrogens is 4. The number of H-pyrrole nitrogens is 1. The molecule has 6 nitrogen and oxygen atoms in total. The number of rotatable bonds is 2. The van der Waals surface area contributed by atoms with Gasteiger partial charge in [-0.1, -0.05) is 0 Å². The molecule has 0 saturated carbocycles. The molecular weight excluding hydrogens is 338 g/mol. The zero-order chi connectivity index (χ0) is 18.4. The fourth-order valence-electron chi connectivity index (χ4n) is 3.93. The Hall–Kier alpha value is -3.15. The predicted octanol–water partition coefficient (Wildman–Crippen LogP) is 3.81. The summed E-state index contributed by atoms with van der Waals surface area (Å²) in [5, 5.41) is 5.47.